The molecule has 0 fully saturated rings. The Balaban J connectivity index is 0. The second kappa shape index (κ2) is 12.9. The molecule has 0 N–H and O–H groups in total. The van der Waals surface area contributed by atoms with Crippen LogP contribution in [0.3, 0.4) is 0 Å². The fraction of sp³-hybridized carbons (Fsp3) is 0.889. The zero-order valence-electron chi connectivity index (χ0n) is 7.97. The molecule has 74 valence electrons. The van der Waals surface area contributed by atoms with Crippen molar-refractivity contribution < 1.29 is 15.0 Å². The van der Waals surface area contributed by atoms with E-state index in [1.165, 1.54) is 38.5 Å². The zero-order valence-corrected chi connectivity index (χ0v) is 7.97. The van der Waals surface area contributed by atoms with E-state index >= 15 is 0 Å². The van der Waals surface area contributed by atoms with Crippen LogP contribution in [0.25, 0.3) is 0 Å². The monoisotopic (exact) mass is 174 g/mol. The Kier molecular flexibility index (Phi) is 14.9. The van der Waals surface area contributed by atoms with Gasteiger partial charge in [0.15, 0.2) is 0 Å². The first kappa shape index (κ1) is 13.8. The molecule has 0 aromatic rings. The van der Waals surface area contributed by atoms with Crippen LogP contribution in [0.15, 0.2) is 0 Å². The Morgan fingerprint density at radius 1 is 0.917 bits per heavy atom. The van der Waals surface area contributed by atoms with Crippen LogP contribution in [0.4, 0.5) is 4.79 Å². The molecule has 3 nitrogen and oxygen atoms in total. The van der Waals surface area contributed by atoms with Crippen molar-refractivity contribution in [3.63, 3.8) is 0 Å². The molecule has 0 aromatic carbocycles. The van der Waals surface area contributed by atoms with Crippen LogP contribution in [0.2, 0.25) is 0 Å². The highest BCUT2D eigenvalue weighted by Crippen LogP contribution is 2.03. The molecule has 0 radical (unpaired) electrons. The summed E-state index contributed by atoms with van der Waals surface area (Å²) in [5.74, 6) is 0. The molecule has 0 aromatic heterocycles. The standard InChI is InChI=1S/C8H18.CH2O3/c1-3-5-7-8-6-4-2;2-1(3)4/h3-8H2,1-2H3;(H2,2,3,4)/p-2. The molecular weight excluding hydrogens is 156 g/mol. The van der Waals surface area contributed by atoms with Gasteiger partial charge in [-0.2, -0.15) is 0 Å². The number of rotatable bonds is 5. The highest BCUT2D eigenvalue weighted by atomic mass is 16.6. The van der Waals surface area contributed by atoms with Gasteiger partial charge in [-0.25, -0.2) is 0 Å². The van der Waals surface area contributed by atoms with Gasteiger partial charge in [0.05, 0.1) is 0 Å². The van der Waals surface area contributed by atoms with Crippen LogP contribution < -0.4 is 10.2 Å². The minimum Gasteiger partial charge on any atom is -0.652 e. The third-order valence-corrected chi connectivity index (χ3v) is 1.46. The Morgan fingerprint density at radius 2 is 1.17 bits per heavy atom. The van der Waals surface area contributed by atoms with E-state index in [1.54, 1.807) is 0 Å². The quantitative estimate of drug-likeness (QED) is 0.582. The van der Waals surface area contributed by atoms with Crippen molar-refractivity contribution in [2.75, 3.05) is 0 Å². The van der Waals surface area contributed by atoms with E-state index in [0.29, 0.717) is 0 Å². The molecule has 0 bridgehead atoms. The van der Waals surface area contributed by atoms with Crippen LogP contribution in [0.5, 0.6) is 0 Å². The van der Waals surface area contributed by atoms with Crippen LogP contribution >= 0.6 is 0 Å². The molecule has 0 heterocycles. The van der Waals surface area contributed by atoms with Crippen LogP contribution in [0, 0.1) is 0 Å². The van der Waals surface area contributed by atoms with Gasteiger partial charge in [-0.05, 0) is 6.16 Å². The van der Waals surface area contributed by atoms with E-state index in [9.17, 15) is 0 Å². The lowest BCUT2D eigenvalue weighted by molar-refractivity contribution is -0.415. The molecule has 0 unspecified atom stereocenters. The van der Waals surface area contributed by atoms with E-state index in [0.717, 1.165) is 0 Å². The summed E-state index contributed by atoms with van der Waals surface area (Å²) in [6.45, 7) is 4.51. The molecule has 0 saturated heterocycles. The average molecular weight is 174 g/mol. The number of hydrogen-bond donors (Lipinski definition) is 0. The molecule has 3 heteroatoms. The predicted octanol–water partition coefficient (Wildman–Crippen LogP) is 0.920. The molecule has 0 aliphatic rings. The lowest BCUT2D eigenvalue weighted by atomic mass is 10.1. The fourth-order valence-electron chi connectivity index (χ4n) is 0.854. The third-order valence-electron chi connectivity index (χ3n) is 1.46. The molecule has 0 spiro atoms. The minimum atomic E-state index is -2.33. The fourth-order valence-corrected chi connectivity index (χ4v) is 0.854. The van der Waals surface area contributed by atoms with E-state index in [4.69, 9.17) is 15.0 Å². The van der Waals surface area contributed by atoms with E-state index in [1.807, 2.05) is 0 Å². The summed E-state index contributed by atoms with van der Waals surface area (Å²) in [5.41, 5.74) is 0. The first-order valence-electron chi connectivity index (χ1n) is 4.53. The molecule has 0 saturated carbocycles. The van der Waals surface area contributed by atoms with Gasteiger partial charge in [0.25, 0.3) is 0 Å². The summed E-state index contributed by atoms with van der Waals surface area (Å²) < 4.78 is 0. The number of carboxylic acid groups (broad SMARTS) is 2. The van der Waals surface area contributed by atoms with E-state index in [-0.39, 0.29) is 0 Å². The molecule has 0 atom stereocenters. The summed E-state index contributed by atoms with van der Waals surface area (Å²) in [6, 6.07) is 0. The Hall–Kier alpha value is -0.730. The van der Waals surface area contributed by atoms with E-state index in [2.05, 4.69) is 13.8 Å². The molecular formula is C9H18O3-2. The van der Waals surface area contributed by atoms with Crippen molar-refractivity contribution in [1.29, 1.82) is 0 Å². The maximum absolute atomic E-state index is 8.33. The maximum Gasteiger partial charge on any atom is -0.0431 e. The molecule has 0 amide bonds. The molecule has 0 aliphatic heterocycles. The van der Waals surface area contributed by atoms with Crippen molar-refractivity contribution in [3.05, 3.63) is 0 Å². The van der Waals surface area contributed by atoms with Gasteiger partial charge < -0.3 is 15.0 Å². The molecule has 0 aliphatic carbocycles. The summed E-state index contributed by atoms with van der Waals surface area (Å²) in [4.78, 5) is 8.33. The second-order valence-electron chi connectivity index (χ2n) is 2.66. The lowest BCUT2D eigenvalue weighted by Gasteiger charge is -1.96. The lowest BCUT2D eigenvalue weighted by Crippen LogP contribution is -2.37. The predicted molar refractivity (Wildman–Crippen MR) is 44.4 cm³/mol. The van der Waals surface area contributed by atoms with Crippen LogP contribution in [0.1, 0.15) is 52.4 Å². The van der Waals surface area contributed by atoms with Gasteiger partial charge in [-0.3, -0.25) is 0 Å². The van der Waals surface area contributed by atoms with Crippen molar-refractivity contribution in [1.82, 2.24) is 0 Å². The van der Waals surface area contributed by atoms with Crippen molar-refractivity contribution in [2.45, 2.75) is 52.4 Å². The summed E-state index contributed by atoms with van der Waals surface area (Å²) in [7, 11) is 0. The van der Waals surface area contributed by atoms with Crippen molar-refractivity contribution >= 4 is 6.16 Å². The highest BCUT2D eigenvalue weighted by Gasteiger charge is 1.83. The minimum absolute atomic E-state index is 1.36. The van der Waals surface area contributed by atoms with Gasteiger partial charge in [0.2, 0.25) is 0 Å². The SMILES string of the molecule is CCCCCCCC.O=C([O-])[O-]. The Morgan fingerprint density at radius 3 is 1.33 bits per heavy atom. The first-order valence-corrected chi connectivity index (χ1v) is 4.53. The van der Waals surface area contributed by atoms with Gasteiger partial charge in [0, 0.05) is 0 Å². The zero-order chi connectivity index (χ0) is 9.82. The summed E-state index contributed by atoms with van der Waals surface area (Å²) in [6.07, 6.45) is 6.15. The smallest absolute Gasteiger partial charge is 0.0431 e. The van der Waals surface area contributed by atoms with Crippen molar-refractivity contribution in [2.24, 2.45) is 0 Å². The number of carbonyl (C=O) groups is 1. The van der Waals surface area contributed by atoms with Gasteiger partial charge in [-0.15, -0.1) is 0 Å². The number of carbonyl (C=O) groups excluding carboxylic acids is 1. The van der Waals surface area contributed by atoms with Gasteiger partial charge >= 0.3 is 0 Å². The third kappa shape index (κ3) is 34.8. The normalized spacial score (nSPS) is 8.50. The molecule has 12 heavy (non-hydrogen) atoms. The number of hydrogen-bond acceptors (Lipinski definition) is 3. The van der Waals surface area contributed by atoms with Crippen molar-refractivity contribution in [3.8, 4) is 0 Å². The number of unbranched alkanes of at least 4 members (excludes halogenated alkanes) is 5. The Labute approximate surface area is 74.4 Å². The van der Waals surface area contributed by atoms with Crippen LogP contribution in [-0.4, -0.2) is 6.16 Å². The van der Waals surface area contributed by atoms with E-state index < -0.39 is 6.16 Å². The van der Waals surface area contributed by atoms with Gasteiger partial charge in [0.1, 0.15) is 0 Å². The first-order chi connectivity index (χ1) is 5.65. The summed E-state index contributed by atoms with van der Waals surface area (Å²) in [5, 5.41) is 16.7. The second-order valence-corrected chi connectivity index (χ2v) is 2.66. The van der Waals surface area contributed by atoms with Crippen LogP contribution in [-0.2, 0) is 0 Å². The highest BCUT2D eigenvalue weighted by molar-refractivity contribution is 5.47. The topological polar surface area (TPSA) is 63.2 Å². The maximum atomic E-state index is 8.33. The average Bonchev–Trinajstić information content (AvgIpc) is 1.97. The Bertz CT molecular complexity index is 81.8. The largest absolute Gasteiger partial charge is 0.652 e. The summed E-state index contributed by atoms with van der Waals surface area (Å²) >= 11 is 0. The van der Waals surface area contributed by atoms with Gasteiger partial charge in [-0.1, -0.05) is 52.4 Å². The molecule has 0 rings (SSSR count).